The summed E-state index contributed by atoms with van der Waals surface area (Å²) in [5.74, 6) is 6.48. The van der Waals surface area contributed by atoms with Gasteiger partial charge in [0.1, 0.15) is 6.10 Å². The number of fused-ring (bicyclic) bond motifs is 1. The summed E-state index contributed by atoms with van der Waals surface area (Å²) in [7, 11) is 3.24. The summed E-state index contributed by atoms with van der Waals surface area (Å²) in [6, 6.07) is 1.33. The van der Waals surface area contributed by atoms with E-state index in [9.17, 15) is 15.0 Å². The van der Waals surface area contributed by atoms with Gasteiger partial charge in [0.2, 0.25) is 11.7 Å². The maximum absolute atomic E-state index is 12.4. The van der Waals surface area contributed by atoms with Gasteiger partial charge in [-0.2, -0.15) is 11.3 Å². The third-order valence-electron chi connectivity index (χ3n) is 5.60. The average Bonchev–Trinajstić information content (AvgIpc) is 3.47. The van der Waals surface area contributed by atoms with Crippen LogP contribution in [0, 0.1) is 17.3 Å². The van der Waals surface area contributed by atoms with Crippen LogP contribution in [-0.2, 0) is 4.79 Å². The first-order valence-electron chi connectivity index (χ1n) is 9.44. The number of anilines is 1. The molecule has 10 heteroatoms. The SMILES string of the molecule is CNC(=O)C1(C)C[C@@H](n2cnc3c(NC)nc(C#Cc4ccsc4)nc32)[C@H](O)[C@@H]1O. The Morgan fingerprint density at radius 1 is 1.33 bits per heavy atom. The molecule has 3 heterocycles. The standard InChI is InChI=1S/C20H22N6O3S/c1-20(19(29)22-3)8-12(15(27)16(20)28)26-10-23-14-17(21-2)24-13(25-18(14)26)5-4-11-6-7-30-9-11/h6-7,9-10,12,15-16,27-28H,8H2,1-3H3,(H,22,29)(H,21,24,25)/t12-,15+,16+,20?/m1/s1. The lowest BCUT2D eigenvalue weighted by Gasteiger charge is -2.26. The van der Waals surface area contributed by atoms with Gasteiger partial charge in [-0.1, -0.05) is 5.92 Å². The number of aliphatic hydroxyl groups is 2. The van der Waals surface area contributed by atoms with Gasteiger partial charge in [0.25, 0.3) is 0 Å². The predicted octanol–water partition coefficient (Wildman–Crippen LogP) is 0.748. The molecule has 1 amide bonds. The van der Waals surface area contributed by atoms with Crippen LogP contribution < -0.4 is 10.6 Å². The minimum absolute atomic E-state index is 0.231. The lowest BCUT2D eigenvalue weighted by Crippen LogP contribution is -2.45. The highest BCUT2D eigenvalue weighted by Crippen LogP contribution is 2.45. The van der Waals surface area contributed by atoms with Gasteiger partial charge in [-0.05, 0) is 30.7 Å². The Balaban J connectivity index is 1.78. The quantitative estimate of drug-likeness (QED) is 0.456. The van der Waals surface area contributed by atoms with Gasteiger partial charge in [0.05, 0.1) is 23.9 Å². The number of imidazole rings is 1. The number of carbonyl (C=O) groups excluding carboxylic acids is 1. The molecule has 1 aliphatic rings. The molecule has 0 radical (unpaired) electrons. The van der Waals surface area contributed by atoms with E-state index in [-0.39, 0.29) is 12.3 Å². The number of nitrogens with zero attached hydrogens (tertiary/aromatic N) is 4. The number of hydrogen-bond donors (Lipinski definition) is 4. The Bertz CT molecular complexity index is 1150. The zero-order chi connectivity index (χ0) is 21.5. The van der Waals surface area contributed by atoms with Crippen molar-refractivity contribution in [1.29, 1.82) is 0 Å². The predicted molar refractivity (Wildman–Crippen MR) is 113 cm³/mol. The van der Waals surface area contributed by atoms with Crippen LogP contribution in [0.4, 0.5) is 5.82 Å². The molecule has 0 bridgehead atoms. The minimum atomic E-state index is -1.22. The second kappa shape index (κ2) is 7.68. The molecular formula is C20H22N6O3S. The van der Waals surface area contributed by atoms with Crippen molar-refractivity contribution in [3.05, 3.63) is 34.5 Å². The molecular weight excluding hydrogens is 404 g/mol. The summed E-state index contributed by atoms with van der Waals surface area (Å²) in [4.78, 5) is 25.7. The third kappa shape index (κ3) is 3.21. The van der Waals surface area contributed by atoms with Gasteiger partial charge in [-0.25, -0.2) is 15.0 Å². The van der Waals surface area contributed by atoms with Gasteiger partial charge in [0.15, 0.2) is 17.0 Å². The lowest BCUT2D eigenvalue weighted by molar-refractivity contribution is -0.136. The molecule has 1 aliphatic carbocycles. The molecule has 4 atom stereocenters. The van der Waals surface area contributed by atoms with E-state index in [2.05, 4.69) is 37.4 Å². The molecule has 1 unspecified atom stereocenters. The molecule has 3 aromatic heterocycles. The monoisotopic (exact) mass is 426 g/mol. The Kier molecular flexibility index (Phi) is 5.19. The van der Waals surface area contributed by atoms with Crippen LogP contribution in [0.15, 0.2) is 23.2 Å². The number of thiophene rings is 1. The summed E-state index contributed by atoms with van der Waals surface area (Å²) in [5, 5.41) is 30.8. The molecule has 1 saturated carbocycles. The van der Waals surface area contributed by atoms with Crippen LogP contribution in [0.2, 0.25) is 0 Å². The van der Waals surface area contributed by atoms with Crippen LogP contribution in [-0.4, -0.2) is 61.9 Å². The van der Waals surface area contributed by atoms with Gasteiger partial charge in [0, 0.05) is 25.0 Å². The largest absolute Gasteiger partial charge is 0.389 e. The molecule has 0 aromatic carbocycles. The summed E-state index contributed by atoms with van der Waals surface area (Å²) in [6.45, 7) is 1.64. The van der Waals surface area contributed by atoms with Gasteiger partial charge < -0.3 is 25.4 Å². The summed E-state index contributed by atoms with van der Waals surface area (Å²) in [6.07, 6.45) is -0.594. The normalized spacial score (nSPS) is 25.7. The first kappa shape index (κ1) is 20.3. The molecule has 3 aromatic rings. The Labute approximate surface area is 177 Å². The molecule has 0 saturated heterocycles. The highest BCUT2D eigenvalue weighted by atomic mass is 32.1. The van der Waals surface area contributed by atoms with Crippen molar-refractivity contribution in [2.75, 3.05) is 19.4 Å². The first-order chi connectivity index (χ1) is 14.4. The average molecular weight is 427 g/mol. The van der Waals surface area contributed by atoms with E-state index < -0.39 is 23.7 Å². The number of aliphatic hydroxyl groups excluding tert-OH is 2. The molecule has 9 nitrogen and oxygen atoms in total. The van der Waals surface area contributed by atoms with Gasteiger partial charge in [-0.15, -0.1) is 0 Å². The number of aromatic nitrogens is 4. The molecule has 0 spiro atoms. The fourth-order valence-corrected chi connectivity index (χ4v) is 4.48. The summed E-state index contributed by atoms with van der Waals surface area (Å²) >= 11 is 1.56. The molecule has 0 aliphatic heterocycles. The van der Waals surface area contributed by atoms with E-state index in [0.717, 1.165) is 5.56 Å². The van der Waals surface area contributed by atoms with Crippen molar-refractivity contribution < 1.29 is 15.0 Å². The second-order valence-electron chi connectivity index (χ2n) is 7.44. The molecule has 4 N–H and O–H groups in total. The Morgan fingerprint density at radius 2 is 2.13 bits per heavy atom. The lowest BCUT2D eigenvalue weighted by atomic mass is 9.85. The summed E-state index contributed by atoms with van der Waals surface area (Å²) < 4.78 is 1.69. The van der Waals surface area contributed by atoms with E-state index in [1.54, 1.807) is 36.2 Å². The number of hydrogen-bond acceptors (Lipinski definition) is 8. The molecule has 1 fully saturated rings. The van der Waals surface area contributed by atoms with Gasteiger partial charge >= 0.3 is 0 Å². The second-order valence-corrected chi connectivity index (χ2v) is 8.22. The topological polar surface area (TPSA) is 125 Å². The van der Waals surface area contributed by atoms with E-state index in [1.807, 2.05) is 16.8 Å². The molecule has 30 heavy (non-hydrogen) atoms. The highest BCUT2D eigenvalue weighted by Gasteiger charge is 2.54. The fourth-order valence-electron chi connectivity index (χ4n) is 3.89. The third-order valence-corrected chi connectivity index (χ3v) is 6.29. The van der Waals surface area contributed by atoms with Crippen molar-refractivity contribution in [2.45, 2.75) is 31.6 Å². The van der Waals surface area contributed by atoms with E-state index in [1.165, 1.54) is 7.05 Å². The number of carbonyl (C=O) groups is 1. The van der Waals surface area contributed by atoms with Crippen molar-refractivity contribution in [2.24, 2.45) is 5.41 Å². The van der Waals surface area contributed by atoms with Crippen LogP contribution in [0.5, 0.6) is 0 Å². The maximum Gasteiger partial charge on any atom is 0.228 e. The van der Waals surface area contributed by atoms with Crippen molar-refractivity contribution in [3.8, 4) is 11.8 Å². The van der Waals surface area contributed by atoms with Crippen molar-refractivity contribution >= 4 is 34.2 Å². The van der Waals surface area contributed by atoms with Crippen molar-refractivity contribution in [3.63, 3.8) is 0 Å². The smallest absolute Gasteiger partial charge is 0.228 e. The van der Waals surface area contributed by atoms with E-state index in [4.69, 9.17) is 0 Å². The summed E-state index contributed by atoms with van der Waals surface area (Å²) in [5.41, 5.74) is 0.740. The number of nitrogens with one attached hydrogen (secondary N) is 2. The van der Waals surface area contributed by atoms with Crippen LogP contribution in [0.3, 0.4) is 0 Å². The minimum Gasteiger partial charge on any atom is -0.389 e. The first-order valence-corrected chi connectivity index (χ1v) is 10.4. The van der Waals surface area contributed by atoms with E-state index >= 15 is 0 Å². The number of amides is 1. The zero-order valence-electron chi connectivity index (χ0n) is 16.7. The van der Waals surface area contributed by atoms with Crippen LogP contribution >= 0.6 is 11.3 Å². The van der Waals surface area contributed by atoms with Gasteiger partial charge in [-0.3, -0.25) is 4.79 Å². The van der Waals surface area contributed by atoms with Crippen LogP contribution in [0.1, 0.15) is 30.8 Å². The molecule has 156 valence electrons. The highest BCUT2D eigenvalue weighted by molar-refractivity contribution is 7.08. The van der Waals surface area contributed by atoms with Crippen LogP contribution in [0.25, 0.3) is 11.2 Å². The van der Waals surface area contributed by atoms with E-state index in [0.29, 0.717) is 22.8 Å². The zero-order valence-corrected chi connectivity index (χ0v) is 17.6. The Hall–Kier alpha value is -3.00. The van der Waals surface area contributed by atoms with Crippen molar-refractivity contribution in [1.82, 2.24) is 24.8 Å². The maximum atomic E-state index is 12.4. The number of rotatable bonds is 3. The fraction of sp³-hybridized carbons (Fsp3) is 0.400. The Morgan fingerprint density at radius 3 is 2.80 bits per heavy atom. The molecule has 4 rings (SSSR count).